The number of benzene rings is 1. The van der Waals surface area contributed by atoms with Crippen LogP contribution in [0.25, 0.3) is 0 Å². The molecule has 0 saturated heterocycles. The van der Waals surface area contributed by atoms with E-state index in [1.54, 1.807) is 18.2 Å². The van der Waals surface area contributed by atoms with Gasteiger partial charge in [-0.1, -0.05) is 25.0 Å². The van der Waals surface area contributed by atoms with Crippen LogP contribution in [0.5, 0.6) is 0 Å². The van der Waals surface area contributed by atoms with Gasteiger partial charge < -0.3 is 21.1 Å². The zero-order valence-corrected chi connectivity index (χ0v) is 14.4. The van der Waals surface area contributed by atoms with Crippen LogP contribution in [0.15, 0.2) is 24.3 Å². The van der Waals surface area contributed by atoms with Crippen molar-refractivity contribution in [3.05, 3.63) is 29.8 Å². The number of amides is 3. The van der Waals surface area contributed by atoms with Gasteiger partial charge in [-0.3, -0.25) is 9.59 Å². The number of anilines is 1. The highest BCUT2D eigenvalue weighted by atomic mass is 16.4. The molecular formula is C18H25N3O4. The van der Waals surface area contributed by atoms with Gasteiger partial charge in [0.15, 0.2) is 0 Å². The number of carbonyl (C=O) groups is 3. The molecule has 1 fully saturated rings. The Balaban J connectivity index is 2.06. The van der Waals surface area contributed by atoms with Crippen molar-refractivity contribution >= 4 is 23.6 Å². The van der Waals surface area contributed by atoms with Crippen molar-refractivity contribution < 1.29 is 19.5 Å². The van der Waals surface area contributed by atoms with Crippen LogP contribution in [0, 0.1) is 0 Å². The number of aryl methyl sites for hydroxylation is 1. The Morgan fingerprint density at radius 1 is 1.20 bits per heavy atom. The number of aliphatic carboxylic acids is 1. The molecule has 1 aromatic carbocycles. The van der Waals surface area contributed by atoms with Crippen molar-refractivity contribution in [2.45, 2.75) is 51.0 Å². The highest BCUT2D eigenvalue weighted by molar-refractivity contribution is 6.00. The van der Waals surface area contributed by atoms with Gasteiger partial charge in [-0.15, -0.1) is 0 Å². The van der Waals surface area contributed by atoms with E-state index in [2.05, 4.69) is 16.0 Å². The minimum atomic E-state index is -0.893. The van der Waals surface area contributed by atoms with Crippen LogP contribution in [-0.2, 0) is 16.0 Å². The summed E-state index contributed by atoms with van der Waals surface area (Å²) in [5.41, 5.74) is 0.560. The molecule has 0 spiro atoms. The Hall–Kier alpha value is -2.57. The summed E-state index contributed by atoms with van der Waals surface area (Å²) in [5.74, 6) is -1.09. The van der Waals surface area contributed by atoms with Gasteiger partial charge in [0.1, 0.15) is 5.54 Å². The topological polar surface area (TPSA) is 108 Å². The predicted octanol–water partition coefficient (Wildman–Crippen LogP) is 2.27. The second kappa shape index (κ2) is 8.50. The van der Waals surface area contributed by atoms with E-state index < -0.39 is 11.5 Å². The van der Waals surface area contributed by atoms with E-state index in [0.29, 0.717) is 31.5 Å². The maximum atomic E-state index is 12.8. The van der Waals surface area contributed by atoms with Gasteiger partial charge in [0, 0.05) is 18.7 Å². The monoisotopic (exact) mass is 347 g/mol. The molecule has 0 atom stereocenters. The summed E-state index contributed by atoms with van der Waals surface area (Å²) in [6.45, 7) is 2.32. The van der Waals surface area contributed by atoms with E-state index in [1.165, 1.54) is 0 Å². The highest BCUT2D eigenvalue weighted by Gasteiger charge is 2.42. The van der Waals surface area contributed by atoms with E-state index in [9.17, 15) is 14.4 Å². The fourth-order valence-electron chi connectivity index (χ4n) is 3.12. The van der Waals surface area contributed by atoms with E-state index in [0.717, 1.165) is 18.4 Å². The first-order chi connectivity index (χ1) is 11.9. The number of hydrogen-bond donors (Lipinski definition) is 4. The SMILES string of the molecule is CCNC(=O)NC1(C(=O)Nc2cccc(CCC(=O)O)c2)CCCC1. The molecule has 1 aliphatic rings. The van der Waals surface area contributed by atoms with Gasteiger partial charge in [0.25, 0.3) is 0 Å². The Bertz CT molecular complexity index is 639. The second-order valence-electron chi connectivity index (χ2n) is 6.32. The third-order valence-electron chi connectivity index (χ3n) is 4.39. The van der Waals surface area contributed by atoms with Crippen LogP contribution in [0.1, 0.15) is 44.6 Å². The maximum Gasteiger partial charge on any atom is 0.315 e. The van der Waals surface area contributed by atoms with E-state index in [1.807, 2.05) is 13.0 Å². The lowest BCUT2D eigenvalue weighted by molar-refractivity contribution is -0.137. The molecule has 0 heterocycles. The molecule has 0 bridgehead atoms. The number of hydrogen-bond acceptors (Lipinski definition) is 3. The number of urea groups is 1. The first-order valence-electron chi connectivity index (χ1n) is 8.63. The minimum Gasteiger partial charge on any atom is -0.481 e. The quantitative estimate of drug-likeness (QED) is 0.607. The molecule has 25 heavy (non-hydrogen) atoms. The molecule has 136 valence electrons. The standard InChI is InChI=1S/C18H25N3O4/c1-2-19-17(25)21-18(10-3-4-11-18)16(24)20-14-7-5-6-13(12-14)8-9-15(22)23/h5-7,12H,2-4,8-11H2,1H3,(H,20,24)(H,22,23)(H2,19,21,25). The Morgan fingerprint density at radius 2 is 1.92 bits per heavy atom. The molecule has 4 N–H and O–H groups in total. The van der Waals surface area contributed by atoms with Gasteiger partial charge in [-0.05, 0) is 43.9 Å². The number of carboxylic acids is 1. The van der Waals surface area contributed by atoms with Crippen molar-refractivity contribution in [3.8, 4) is 0 Å². The van der Waals surface area contributed by atoms with Crippen molar-refractivity contribution in [1.82, 2.24) is 10.6 Å². The lowest BCUT2D eigenvalue weighted by Gasteiger charge is -2.29. The van der Waals surface area contributed by atoms with Crippen molar-refractivity contribution in [2.75, 3.05) is 11.9 Å². The van der Waals surface area contributed by atoms with Crippen LogP contribution in [-0.4, -0.2) is 35.1 Å². The zero-order chi connectivity index (χ0) is 18.3. The molecule has 7 heteroatoms. The Kier molecular flexibility index (Phi) is 6.38. The summed E-state index contributed by atoms with van der Waals surface area (Å²) in [5, 5.41) is 17.1. The minimum absolute atomic E-state index is 0.0417. The van der Waals surface area contributed by atoms with Crippen LogP contribution in [0.4, 0.5) is 10.5 Å². The van der Waals surface area contributed by atoms with Crippen LogP contribution >= 0.6 is 0 Å². The normalized spacial score (nSPS) is 15.4. The number of carboxylic acid groups (broad SMARTS) is 1. The van der Waals surface area contributed by atoms with Gasteiger partial charge in [-0.25, -0.2) is 4.79 Å². The average molecular weight is 347 g/mol. The summed E-state index contributed by atoms with van der Waals surface area (Å²) >= 11 is 0. The number of nitrogens with one attached hydrogen (secondary N) is 3. The molecule has 3 amide bonds. The van der Waals surface area contributed by atoms with E-state index >= 15 is 0 Å². The number of rotatable bonds is 7. The Labute approximate surface area is 147 Å². The van der Waals surface area contributed by atoms with Crippen LogP contribution in [0.2, 0.25) is 0 Å². The molecule has 7 nitrogen and oxygen atoms in total. The molecule has 1 aromatic rings. The van der Waals surface area contributed by atoms with E-state index in [4.69, 9.17) is 5.11 Å². The van der Waals surface area contributed by atoms with Gasteiger partial charge in [-0.2, -0.15) is 0 Å². The molecule has 1 aliphatic carbocycles. The van der Waals surface area contributed by atoms with Crippen molar-refractivity contribution in [1.29, 1.82) is 0 Å². The molecule has 0 aliphatic heterocycles. The summed E-state index contributed by atoms with van der Waals surface area (Å²) in [6, 6.07) is 6.81. The van der Waals surface area contributed by atoms with Gasteiger partial charge >= 0.3 is 12.0 Å². The first-order valence-corrected chi connectivity index (χ1v) is 8.63. The van der Waals surface area contributed by atoms with Crippen molar-refractivity contribution in [3.63, 3.8) is 0 Å². The predicted molar refractivity (Wildman–Crippen MR) is 94.4 cm³/mol. The maximum absolute atomic E-state index is 12.8. The molecule has 0 radical (unpaired) electrons. The molecule has 1 saturated carbocycles. The summed E-state index contributed by atoms with van der Waals surface area (Å²) in [7, 11) is 0. The van der Waals surface area contributed by atoms with Crippen molar-refractivity contribution in [2.24, 2.45) is 0 Å². The summed E-state index contributed by atoms with van der Waals surface area (Å²) in [6.07, 6.45) is 3.43. The van der Waals surface area contributed by atoms with Crippen LogP contribution in [0.3, 0.4) is 0 Å². The smallest absolute Gasteiger partial charge is 0.315 e. The number of carbonyl (C=O) groups excluding carboxylic acids is 2. The fourth-order valence-corrected chi connectivity index (χ4v) is 3.12. The average Bonchev–Trinajstić information content (AvgIpc) is 3.03. The van der Waals surface area contributed by atoms with Gasteiger partial charge in [0.05, 0.1) is 0 Å². The first kappa shape index (κ1) is 18.8. The lowest BCUT2D eigenvalue weighted by Crippen LogP contribution is -2.57. The lowest BCUT2D eigenvalue weighted by atomic mass is 9.96. The Morgan fingerprint density at radius 3 is 2.56 bits per heavy atom. The third-order valence-corrected chi connectivity index (χ3v) is 4.39. The van der Waals surface area contributed by atoms with Crippen LogP contribution < -0.4 is 16.0 Å². The summed E-state index contributed by atoms with van der Waals surface area (Å²) in [4.78, 5) is 35.4. The molecule has 2 rings (SSSR count). The molecular weight excluding hydrogens is 322 g/mol. The van der Waals surface area contributed by atoms with Gasteiger partial charge in [0.2, 0.25) is 5.91 Å². The largest absolute Gasteiger partial charge is 0.481 e. The zero-order valence-electron chi connectivity index (χ0n) is 14.4. The third kappa shape index (κ3) is 5.20. The second-order valence-corrected chi connectivity index (χ2v) is 6.32. The molecule has 0 aromatic heterocycles. The fraction of sp³-hybridized carbons (Fsp3) is 0.500. The van der Waals surface area contributed by atoms with E-state index in [-0.39, 0.29) is 18.4 Å². The molecule has 0 unspecified atom stereocenters. The summed E-state index contributed by atoms with van der Waals surface area (Å²) < 4.78 is 0. The highest BCUT2D eigenvalue weighted by Crippen LogP contribution is 2.31.